The third-order valence-electron chi connectivity index (χ3n) is 3.64. The van der Waals surface area contributed by atoms with Gasteiger partial charge in [0.05, 0.1) is 12.3 Å². The van der Waals surface area contributed by atoms with Crippen LogP contribution in [-0.2, 0) is 6.54 Å². The summed E-state index contributed by atoms with van der Waals surface area (Å²) in [5.74, 6) is 1.47. The molecule has 1 aromatic heterocycles. The zero-order valence-electron chi connectivity index (χ0n) is 13.3. The van der Waals surface area contributed by atoms with Crippen LogP contribution in [0.1, 0.15) is 43.7 Å². The highest BCUT2D eigenvalue weighted by atomic mass is 32.1. The van der Waals surface area contributed by atoms with Gasteiger partial charge in [-0.2, -0.15) is 0 Å². The second kappa shape index (κ2) is 7.57. The van der Waals surface area contributed by atoms with Crippen molar-refractivity contribution in [2.45, 2.75) is 39.7 Å². The number of hydrogen-bond acceptors (Lipinski definition) is 4. The van der Waals surface area contributed by atoms with Crippen LogP contribution in [0.4, 0.5) is 0 Å². The Hall–Kier alpha value is -1.39. The molecule has 0 saturated heterocycles. The Morgan fingerprint density at radius 1 is 1.33 bits per heavy atom. The quantitative estimate of drug-likeness (QED) is 0.821. The standard InChI is InChI=1S/C17H24N2OS/c1-5-12(3)13-7-8-16(20-6-2)14(9-13)15-11-21-17(19-15)10-18-4/h7-9,11-12,18H,5-6,10H2,1-4H3. The number of rotatable bonds is 7. The molecule has 2 rings (SSSR count). The average molecular weight is 304 g/mol. The first-order valence-corrected chi connectivity index (χ1v) is 8.43. The Kier molecular flexibility index (Phi) is 5.76. The van der Waals surface area contributed by atoms with Crippen molar-refractivity contribution in [3.05, 3.63) is 34.2 Å². The molecule has 1 heterocycles. The van der Waals surface area contributed by atoms with Crippen LogP contribution >= 0.6 is 11.3 Å². The summed E-state index contributed by atoms with van der Waals surface area (Å²) in [6, 6.07) is 6.48. The molecule has 1 N–H and O–H groups in total. The molecule has 2 aromatic rings. The molecule has 1 atom stereocenters. The van der Waals surface area contributed by atoms with Crippen LogP contribution in [0.3, 0.4) is 0 Å². The fourth-order valence-corrected chi connectivity index (χ4v) is 3.04. The van der Waals surface area contributed by atoms with Crippen LogP contribution in [0.5, 0.6) is 5.75 Å². The van der Waals surface area contributed by atoms with Gasteiger partial charge < -0.3 is 10.1 Å². The maximum Gasteiger partial charge on any atom is 0.128 e. The second-order valence-electron chi connectivity index (χ2n) is 5.15. The van der Waals surface area contributed by atoms with Crippen molar-refractivity contribution in [1.82, 2.24) is 10.3 Å². The van der Waals surface area contributed by atoms with E-state index in [1.807, 2.05) is 14.0 Å². The molecule has 0 saturated carbocycles. The fraction of sp³-hybridized carbons (Fsp3) is 0.471. The van der Waals surface area contributed by atoms with Crippen molar-refractivity contribution < 1.29 is 4.74 Å². The Morgan fingerprint density at radius 2 is 2.14 bits per heavy atom. The van der Waals surface area contributed by atoms with Gasteiger partial charge in [0.2, 0.25) is 0 Å². The van der Waals surface area contributed by atoms with Gasteiger partial charge in [-0.3, -0.25) is 0 Å². The van der Waals surface area contributed by atoms with E-state index < -0.39 is 0 Å². The first kappa shape index (κ1) is 16.0. The minimum absolute atomic E-state index is 0.551. The normalized spacial score (nSPS) is 12.4. The predicted octanol–water partition coefficient (Wildman–Crippen LogP) is 4.44. The maximum absolute atomic E-state index is 5.78. The molecule has 114 valence electrons. The maximum atomic E-state index is 5.78. The molecule has 0 aliphatic carbocycles. The summed E-state index contributed by atoms with van der Waals surface area (Å²) >= 11 is 1.69. The van der Waals surface area contributed by atoms with Crippen LogP contribution in [-0.4, -0.2) is 18.6 Å². The van der Waals surface area contributed by atoms with E-state index in [-0.39, 0.29) is 0 Å². The van der Waals surface area contributed by atoms with Gasteiger partial charge >= 0.3 is 0 Å². The molecule has 1 unspecified atom stereocenters. The van der Waals surface area contributed by atoms with Gasteiger partial charge in [0.25, 0.3) is 0 Å². The largest absolute Gasteiger partial charge is 0.493 e. The van der Waals surface area contributed by atoms with Crippen molar-refractivity contribution in [3.8, 4) is 17.0 Å². The van der Waals surface area contributed by atoms with Crippen LogP contribution in [0.25, 0.3) is 11.3 Å². The van der Waals surface area contributed by atoms with Gasteiger partial charge in [-0.05, 0) is 44.0 Å². The lowest BCUT2D eigenvalue weighted by atomic mass is 9.96. The molecule has 0 aliphatic heterocycles. The first-order chi connectivity index (χ1) is 10.2. The summed E-state index contributed by atoms with van der Waals surface area (Å²) in [5.41, 5.74) is 3.46. The van der Waals surface area contributed by atoms with Crippen molar-refractivity contribution in [3.63, 3.8) is 0 Å². The highest BCUT2D eigenvalue weighted by Gasteiger charge is 2.13. The molecular formula is C17H24N2OS. The summed E-state index contributed by atoms with van der Waals surface area (Å²) in [7, 11) is 1.94. The number of aromatic nitrogens is 1. The van der Waals surface area contributed by atoms with E-state index in [1.54, 1.807) is 11.3 Å². The summed E-state index contributed by atoms with van der Waals surface area (Å²) in [6.07, 6.45) is 1.13. The number of ether oxygens (including phenoxy) is 1. The highest BCUT2D eigenvalue weighted by Crippen LogP contribution is 2.34. The monoisotopic (exact) mass is 304 g/mol. The van der Waals surface area contributed by atoms with Crippen molar-refractivity contribution in [2.24, 2.45) is 0 Å². The summed E-state index contributed by atoms with van der Waals surface area (Å²) in [6.45, 7) is 7.96. The van der Waals surface area contributed by atoms with E-state index in [4.69, 9.17) is 9.72 Å². The first-order valence-electron chi connectivity index (χ1n) is 7.55. The third-order valence-corrected chi connectivity index (χ3v) is 4.49. The van der Waals surface area contributed by atoms with E-state index in [9.17, 15) is 0 Å². The van der Waals surface area contributed by atoms with Gasteiger partial charge in [-0.15, -0.1) is 11.3 Å². The third kappa shape index (κ3) is 3.83. The van der Waals surface area contributed by atoms with Gasteiger partial charge in [-0.1, -0.05) is 19.9 Å². The molecule has 3 nitrogen and oxygen atoms in total. The Bertz CT molecular complexity index is 580. The lowest BCUT2D eigenvalue weighted by Crippen LogP contribution is -2.04. The number of thiazole rings is 1. The smallest absolute Gasteiger partial charge is 0.128 e. The Labute approximate surface area is 131 Å². The molecule has 0 bridgehead atoms. The Morgan fingerprint density at radius 3 is 2.81 bits per heavy atom. The highest BCUT2D eigenvalue weighted by molar-refractivity contribution is 7.09. The lowest BCUT2D eigenvalue weighted by Gasteiger charge is -2.14. The molecule has 1 aromatic carbocycles. The molecule has 21 heavy (non-hydrogen) atoms. The fourth-order valence-electron chi connectivity index (χ4n) is 2.24. The van der Waals surface area contributed by atoms with Crippen molar-refractivity contribution in [1.29, 1.82) is 0 Å². The minimum Gasteiger partial charge on any atom is -0.493 e. The molecule has 0 amide bonds. The molecule has 0 aliphatic rings. The van der Waals surface area contributed by atoms with E-state index in [1.165, 1.54) is 5.56 Å². The summed E-state index contributed by atoms with van der Waals surface area (Å²) in [4.78, 5) is 4.72. The topological polar surface area (TPSA) is 34.1 Å². The summed E-state index contributed by atoms with van der Waals surface area (Å²) in [5, 5.41) is 6.36. The molecular weight excluding hydrogens is 280 g/mol. The number of nitrogens with zero attached hydrogens (tertiary/aromatic N) is 1. The van der Waals surface area contributed by atoms with Gasteiger partial charge in [0.15, 0.2) is 0 Å². The number of benzene rings is 1. The van der Waals surface area contributed by atoms with E-state index in [0.29, 0.717) is 12.5 Å². The van der Waals surface area contributed by atoms with E-state index >= 15 is 0 Å². The van der Waals surface area contributed by atoms with E-state index in [0.717, 1.165) is 35.0 Å². The van der Waals surface area contributed by atoms with E-state index in [2.05, 4.69) is 42.7 Å². The second-order valence-corrected chi connectivity index (χ2v) is 6.10. The number of hydrogen-bond donors (Lipinski definition) is 1. The molecule has 0 radical (unpaired) electrons. The van der Waals surface area contributed by atoms with Crippen LogP contribution in [0.2, 0.25) is 0 Å². The van der Waals surface area contributed by atoms with Gasteiger partial charge in [0, 0.05) is 17.5 Å². The van der Waals surface area contributed by atoms with Gasteiger partial charge in [0.1, 0.15) is 10.8 Å². The SMILES string of the molecule is CCOc1ccc(C(C)CC)cc1-c1csc(CNC)n1. The van der Waals surface area contributed by atoms with Gasteiger partial charge in [-0.25, -0.2) is 4.98 Å². The zero-order chi connectivity index (χ0) is 15.2. The lowest BCUT2D eigenvalue weighted by molar-refractivity contribution is 0.341. The zero-order valence-corrected chi connectivity index (χ0v) is 14.1. The molecule has 0 spiro atoms. The minimum atomic E-state index is 0.551. The predicted molar refractivity (Wildman–Crippen MR) is 90.2 cm³/mol. The average Bonchev–Trinajstić information content (AvgIpc) is 2.96. The van der Waals surface area contributed by atoms with Crippen LogP contribution < -0.4 is 10.1 Å². The van der Waals surface area contributed by atoms with Crippen LogP contribution in [0.15, 0.2) is 23.6 Å². The van der Waals surface area contributed by atoms with Crippen molar-refractivity contribution in [2.75, 3.05) is 13.7 Å². The van der Waals surface area contributed by atoms with Crippen molar-refractivity contribution >= 4 is 11.3 Å². The molecule has 4 heteroatoms. The summed E-state index contributed by atoms with van der Waals surface area (Å²) < 4.78 is 5.78. The molecule has 0 fully saturated rings. The number of nitrogens with one attached hydrogen (secondary N) is 1. The Balaban J connectivity index is 2.41. The van der Waals surface area contributed by atoms with Crippen LogP contribution in [0, 0.1) is 0 Å².